The van der Waals surface area contributed by atoms with E-state index in [1.165, 1.54) is 16.8 Å². The van der Waals surface area contributed by atoms with Crippen LogP contribution in [0.4, 0.5) is 14.5 Å². The van der Waals surface area contributed by atoms with E-state index in [-0.39, 0.29) is 22.8 Å². The van der Waals surface area contributed by atoms with Crippen molar-refractivity contribution in [2.75, 3.05) is 5.32 Å². The fourth-order valence-corrected chi connectivity index (χ4v) is 3.01. The van der Waals surface area contributed by atoms with Gasteiger partial charge in [0.25, 0.3) is 11.5 Å². The van der Waals surface area contributed by atoms with Gasteiger partial charge in [0.1, 0.15) is 16.7 Å². The Morgan fingerprint density at radius 1 is 0.964 bits per heavy atom. The molecular formula is C19H11Cl3F2N2O2. The maximum atomic E-state index is 13.7. The number of halogens is 5. The molecule has 4 nitrogen and oxygen atoms in total. The van der Waals surface area contributed by atoms with Crippen LogP contribution in [0.1, 0.15) is 15.9 Å². The highest BCUT2D eigenvalue weighted by Crippen LogP contribution is 2.23. The van der Waals surface area contributed by atoms with Crippen molar-refractivity contribution < 1.29 is 13.6 Å². The third kappa shape index (κ3) is 4.52. The van der Waals surface area contributed by atoms with Gasteiger partial charge in [-0.3, -0.25) is 9.59 Å². The van der Waals surface area contributed by atoms with E-state index in [1.807, 2.05) is 0 Å². The van der Waals surface area contributed by atoms with Crippen molar-refractivity contribution in [3.05, 3.63) is 96.8 Å². The Bertz CT molecular complexity index is 1130. The van der Waals surface area contributed by atoms with E-state index in [0.717, 1.165) is 12.1 Å². The molecule has 28 heavy (non-hydrogen) atoms. The second kappa shape index (κ2) is 8.31. The smallest absolute Gasteiger partial charge is 0.269 e. The van der Waals surface area contributed by atoms with Gasteiger partial charge in [-0.1, -0.05) is 40.9 Å². The highest BCUT2D eigenvalue weighted by atomic mass is 35.5. The number of aromatic nitrogens is 1. The van der Waals surface area contributed by atoms with Crippen LogP contribution in [0.25, 0.3) is 0 Å². The van der Waals surface area contributed by atoms with E-state index in [1.54, 1.807) is 18.2 Å². The lowest BCUT2D eigenvalue weighted by Crippen LogP contribution is -2.24. The minimum atomic E-state index is -0.927. The van der Waals surface area contributed by atoms with Gasteiger partial charge in [0.05, 0.1) is 27.8 Å². The van der Waals surface area contributed by atoms with Crippen LogP contribution in [-0.2, 0) is 6.54 Å². The second-order valence-electron chi connectivity index (χ2n) is 5.84. The molecule has 1 heterocycles. The lowest BCUT2D eigenvalue weighted by molar-refractivity contribution is 0.102. The number of carbonyl (C=O) groups is 1. The SMILES string of the molecule is O=C(Nc1ccc(F)cc1F)c1cc(Cl)c(=O)n(Cc2ccc(Cl)c(Cl)c2)c1. The fourth-order valence-electron chi connectivity index (χ4n) is 2.46. The van der Waals surface area contributed by atoms with Gasteiger partial charge in [-0.05, 0) is 35.9 Å². The molecule has 3 aromatic rings. The topological polar surface area (TPSA) is 51.1 Å². The summed E-state index contributed by atoms with van der Waals surface area (Å²) in [6, 6.07) is 8.77. The van der Waals surface area contributed by atoms with Crippen molar-refractivity contribution in [1.82, 2.24) is 4.57 Å². The van der Waals surface area contributed by atoms with Crippen molar-refractivity contribution in [2.24, 2.45) is 0 Å². The summed E-state index contributed by atoms with van der Waals surface area (Å²) in [6.45, 7) is 0.0848. The Morgan fingerprint density at radius 2 is 1.71 bits per heavy atom. The van der Waals surface area contributed by atoms with Crippen molar-refractivity contribution in [2.45, 2.75) is 6.54 Å². The number of hydrogen-bond acceptors (Lipinski definition) is 2. The first-order chi connectivity index (χ1) is 13.2. The van der Waals surface area contributed by atoms with Crippen LogP contribution < -0.4 is 10.9 Å². The molecule has 0 atom stereocenters. The zero-order valence-corrected chi connectivity index (χ0v) is 16.2. The first-order valence-electron chi connectivity index (χ1n) is 7.85. The number of anilines is 1. The minimum absolute atomic E-state index is 0.0217. The van der Waals surface area contributed by atoms with Crippen LogP contribution in [0.15, 0.2) is 53.5 Å². The molecular weight excluding hydrogens is 433 g/mol. The van der Waals surface area contributed by atoms with Crippen molar-refractivity contribution in [3.8, 4) is 0 Å². The molecule has 1 aromatic heterocycles. The molecule has 0 fully saturated rings. The number of amides is 1. The van der Waals surface area contributed by atoms with Crippen molar-refractivity contribution >= 4 is 46.4 Å². The Labute approximate surface area is 173 Å². The number of pyridine rings is 1. The molecule has 0 bridgehead atoms. The normalized spacial score (nSPS) is 10.8. The van der Waals surface area contributed by atoms with Gasteiger partial charge in [0, 0.05) is 12.3 Å². The lowest BCUT2D eigenvalue weighted by atomic mass is 10.2. The molecule has 144 valence electrons. The summed E-state index contributed by atoms with van der Waals surface area (Å²) in [4.78, 5) is 24.7. The number of rotatable bonds is 4. The number of nitrogens with one attached hydrogen (secondary N) is 1. The number of benzene rings is 2. The van der Waals surface area contributed by atoms with E-state index in [9.17, 15) is 18.4 Å². The van der Waals surface area contributed by atoms with Crippen molar-refractivity contribution in [3.63, 3.8) is 0 Å². The minimum Gasteiger partial charge on any atom is -0.319 e. The molecule has 2 aromatic carbocycles. The first kappa shape index (κ1) is 20.3. The van der Waals surface area contributed by atoms with Gasteiger partial charge in [0.2, 0.25) is 0 Å². The van der Waals surface area contributed by atoms with E-state index in [4.69, 9.17) is 34.8 Å². The van der Waals surface area contributed by atoms with E-state index >= 15 is 0 Å². The van der Waals surface area contributed by atoms with Gasteiger partial charge >= 0.3 is 0 Å². The standard InChI is InChI=1S/C19H11Cl3F2N2O2/c20-13-3-1-10(5-14(13)21)8-26-9-11(6-15(22)19(26)28)18(27)25-17-4-2-12(23)7-16(17)24/h1-7,9H,8H2,(H,25,27). The van der Waals surface area contributed by atoms with Crippen LogP contribution >= 0.6 is 34.8 Å². The van der Waals surface area contributed by atoms with Gasteiger partial charge in [-0.2, -0.15) is 0 Å². The van der Waals surface area contributed by atoms with Crippen molar-refractivity contribution in [1.29, 1.82) is 0 Å². The molecule has 0 radical (unpaired) electrons. The maximum absolute atomic E-state index is 13.7. The molecule has 0 aliphatic rings. The molecule has 0 aliphatic heterocycles. The summed E-state index contributed by atoms with van der Waals surface area (Å²) >= 11 is 17.8. The first-order valence-corrected chi connectivity index (χ1v) is 8.98. The third-order valence-corrected chi connectivity index (χ3v) is 4.83. The zero-order chi connectivity index (χ0) is 20.4. The molecule has 9 heteroatoms. The van der Waals surface area contributed by atoms with Gasteiger partial charge < -0.3 is 9.88 Å². The summed E-state index contributed by atoms with van der Waals surface area (Å²) in [5.74, 6) is -2.41. The summed E-state index contributed by atoms with van der Waals surface area (Å²) in [5, 5.41) is 2.81. The molecule has 3 rings (SSSR count). The highest BCUT2D eigenvalue weighted by Gasteiger charge is 2.14. The van der Waals surface area contributed by atoms with Crippen LogP contribution in [0.5, 0.6) is 0 Å². The molecule has 0 saturated heterocycles. The van der Waals surface area contributed by atoms with Crippen LogP contribution in [0.3, 0.4) is 0 Å². The van der Waals surface area contributed by atoms with Crippen LogP contribution in [0.2, 0.25) is 15.1 Å². The number of carbonyl (C=O) groups excluding carboxylic acids is 1. The Balaban J connectivity index is 1.91. The zero-order valence-electron chi connectivity index (χ0n) is 14.0. The molecule has 0 aliphatic carbocycles. The van der Waals surface area contributed by atoms with Gasteiger partial charge in [0.15, 0.2) is 0 Å². The number of nitrogens with zero attached hydrogens (tertiary/aromatic N) is 1. The van der Waals surface area contributed by atoms with Gasteiger partial charge in [-0.25, -0.2) is 8.78 Å². The summed E-state index contributed by atoms with van der Waals surface area (Å²) in [7, 11) is 0. The van der Waals surface area contributed by atoms with Crippen LogP contribution in [-0.4, -0.2) is 10.5 Å². The van der Waals surface area contributed by atoms with E-state index < -0.39 is 23.1 Å². The van der Waals surface area contributed by atoms with E-state index in [0.29, 0.717) is 21.7 Å². The third-order valence-electron chi connectivity index (χ3n) is 3.82. The van der Waals surface area contributed by atoms with E-state index in [2.05, 4.69) is 5.32 Å². The molecule has 0 spiro atoms. The Kier molecular flexibility index (Phi) is 6.03. The lowest BCUT2D eigenvalue weighted by Gasteiger charge is -2.11. The number of hydrogen-bond donors (Lipinski definition) is 1. The molecule has 1 N–H and O–H groups in total. The molecule has 1 amide bonds. The quantitative estimate of drug-likeness (QED) is 0.588. The average Bonchev–Trinajstić information content (AvgIpc) is 2.64. The predicted octanol–water partition coefficient (Wildman–Crippen LogP) is 5.39. The second-order valence-corrected chi connectivity index (χ2v) is 7.06. The van der Waals surface area contributed by atoms with Gasteiger partial charge in [-0.15, -0.1) is 0 Å². The summed E-state index contributed by atoms with van der Waals surface area (Å²) in [5.41, 5.74) is -0.0369. The monoisotopic (exact) mass is 442 g/mol. The predicted molar refractivity (Wildman–Crippen MR) is 106 cm³/mol. The molecule has 0 saturated carbocycles. The molecule has 0 unspecified atom stereocenters. The largest absolute Gasteiger partial charge is 0.319 e. The highest BCUT2D eigenvalue weighted by molar-refractivity contribution is 6.42. The summed E-state index contributed by atoms with van der Waals surface area (Å²) < 4.78 is 28.0. The van der Waals surface area contributed by atoms with Crippen LogP contribution in [0, 0.1) is 11.6 Å². The summed E-state index contributed by atoms with van der Waals surface area (Å²) in [6.07, 6.45) is 1.29. The Morgan fingerprint density at radius 3 is 2.39 bits per heavy atom. The average molecular weight is 444 g/mol. The Hall–Kier alpha value is -2.41. The maximum Gasteiger partial charge on any atom is 0.269 e. The fraction of sp³-hybridized carbons (Fsp3) is 0.0526.